The Hall–Kier alpha value is -3.00. The Morgan fingerprint density at radius 3 is 1.41 bits per heavy atom. The largest absolute Gasteiger partial charge is 0.508 e. The lowest BCUT2D eigenvalue weighted by Crippen LogP contribution is -2.32. The summed E-state index contributed by atoms with van der Waals surface area (Å²) in [5.74, 6) is 0.278. The number of hydrogen-bond donors (Lipinski definition) is 9. The zero-order chi connectivity index (χ0) is 45.8. The minimum Gasteiger partial charge on any atom is -0.508 e. The minimum atomic E-state index is -0.935. The molecule has 1 atom stereocenters. The summed E-state index contributed by atoms with van der Waals surface area (Å²) < 4.78 is 4.73. The van der Waals surface area contributed by atoms with Crippen LogP contribution in [0.1, 0.15) is 135 Å². The van der Waals surface area contributed by atoms with E-state index in [1.807, 2.05) is 24.3 Å². The number of hydrogen-bond acceptors (Lipinski definition) is 10. The number of aliphatic carboxylic acids is 1. The number of benzene rings is 2. The number of nitrogens with one attached hydrogen (secondary N) is 3. The molecule has 352 valence electrons. The summed E-state index contributed by atoms with van der Waals surface area (Å²) >= 11 is 5.27. The molecule has 1 saturated heterocycles. The van der Waals surface area contributed by atoms with Gasteiger partial charge in [-0.15, -0.1) is 11.6 Å². The third kappa shape index (κ3) is 40.8. The number of alkyl halides is 1. The Morgan fingerprint density at radius 1 is 0.689 bits per heavy atom. The van der Waals surface area contributed by atoms with E-state index in [1.54, 1.807) is 24.3 Å². The minimum absolute atomic E-state index is 0.151. The second-order valence-corrected chi connectivity index (χ2v) is 16.1. The maximum absolute atomic E-state index is 9.60. The molecule has 0 bridgehead atoms. The topological polar surface area (TPSA) is 204 Å². The molecule has 0 radical (unpaired) electrons. The van der Waals surface area contributed by atoms with E-state index in [9.17, 15) is 15.0 Å². The molecule has 0 saturated carbocycles. The van der Waals surface area contributed by atoms with E-state index in [2.05, 4.69) is 55.5 Å². The van der Waals surface area contributed by atoms with Crippen LogP contribution in [-0.4, -0.2) is 98.8 Å². The Morgan fingerprint density at radius 2 is 1.07 bits per heavy atom. The van der Waals surface area contributed by atoms with Gasteiger partial charge in [0.25, 0.3) is 0 Å². The highest BCUT2D eigenvalue weighted by Gasteiger charge is 2.23. The molecule has 1 heterocycles. The number of nitrogens with two attached hydrogens (primary N) is 3. The number of rotatable bonds is 30. The predicted molar refractivity (Wildman–Crippen MR) is 261 cm³/mol. The van der Waals surface area contributed by atoms with Gasteiger partial charge in [-0.25, -0.2) is 4.79 Å². The molecular weight excluding hydrogens is 788 g/mol. The van der Waals surface area contributed by atoms with Gasteiger partial charge in [0.15, 0.2) is 0 Å². The van der Waals surface area contributed by atoms with E-state index in [0.717, 1.165) is 63.4 Å². The number of phenolic OH excluding ortho intramolecular Hbond substituents is 2. The van der Waals surface area contributed by atoms with Crippen molar-refractivity contribution in [3.8, 4) is 11.5 Å². The van der Waals surface area contributed by atoms with E-state index in [1.165, 1.54) is 103 Å². The number of ether oxygens (including phenoxy) is 1. The summed E-state index contributed by atoms with van der Waals surface area (Å²) in [4.78, 5) is 9.60. The fourth-order valence-electron chi connectivity index (χ4n) is 5.56. The van der Waals surface area contributed by atoms with Gasteiger partial charge in [-0.1, -0.05) is 122 Å². The predicted octanol–water partition coefficient (Wildman–Crippen LogP) is 8.74. The van der Waals surface area contributed by atoms with Crippen molar-refractivity contribution in [2.24, 2.45) is 17.2 Å². The van der Waals surface area contributed by atoms with Crippen molar-refractivity contribution >= 4 is 17.6 Å². The normalized spacial score (nSPS) is 12.8. The zero-order valence-electron chi connectivity index (χ0n) is 38.7. The van der Waals surface area contributed by atoms with Gasteiger partial charge >= 0.3 is 5.97 Å². The standard InChI is InChI=1S/C21H44N2.C15H16O2.C6H18N4.C4H6O2.C3H5ClO/c1-2-3-4-5-6-7-8-9-10-11-12-13-14-15-16-17-20-23-21-18-19-22;1-15(2,11-3-7-13(16)8-4-11)12-5-9-14(17)10-6-12;7-1-3-9-5-6-10-4-2-8;1-3(2)4(5)6;4-1-3-2-5-3/h9-10,23H,2-8,11-22H2,1H3;3-10,16-17H,1-2H3;9-10H,1-8H2;1H2,2H3,(H,5,6);3H,1-2H2/b10-9-;;;;. The molecule has 1 aliphatic heterocycles. The third-order valence-electron chi connectivity index (χ3n) is 9.66. The second kappa shape index (κ2) is 43.6. The molecule has 3 rings (SSSR count). The number of phenols is 2. The van der Waals surface area contributed by atoms with Gasteiger partial charge < -0.3 is 53.2 Å². The van der Waals surface area contributed by atoms with Crippen LogP contribution in [0.15, 0.2) is 72.8 Å². The molecule has 1 fully saturated rings. The monoisotopic (exact) mass is 877 g/mol. The van der Waals surface area contributed by atoms with Gasteiger partial charge in [0.1, 0.15) is 11.5 Å². The molecule has 2 aromatic rings. The number of unbranched alkanes of at least 4 members (excludes halogenated alkanes) is 12. The van der Waals surface area contributed by atoms with Crippen LogP contribution in [0.4, 0.5) is 0 Å². The Kier molecular flexibility index (Phi) is 43.0. The first-order chi connectivity index (χ1) is 29.4. The molecular formula is C49H89ClN6O5. The van der Waals surface area contributed by atoms with Crippen molar-refractivity contribution < 1.29 is 24.9 Å². The van der Waals surface area contributed by atoms with Gasteiger partial charge in [0, 0.05) is 50.3 Å². The lowest BCUT2D eigenvalue weighted by molar-refractivity contribution is -0.132. The first kappa shape index (κ1) is 60.1. The smallest absolute Gasteiger partial charge is 0.330 e. The molecule has 12 heteroatoms. The van der Waals surface area contributed by atoms with E-state index in [4.69, 9.17) is 38.6 Å². The average Bonchev–Trinajstić information content (AvgIpc) is 4.10. The van der Waals surface area contributed by atoms with Crippen molar-refractivity contribution in [2.45, 2.75) is 136 Å². The summed E-state index contributed by atoms with van der Waals surface area (Å²) in [5, 5.41) is 36.3. The molecule has 1 unspecified atom stereocenters. The van der Waals surface area contributed by atoms with Crippen molar-refractivity contribution in [1.29, 1.82) is 0 Å². The summed E-state index contributed by atoms with van der Waals surface area (Å²) in [6.07, 6.45) is 25.7. The first-order valence-corrected chi connectivity index (χ1v) is 23.5. The maximum Gasteiger partial charge on any atom is 0.330 e. The van der Waals surface area contributed by atoms with Gasteiger partial charge in [0.2, 0.25) is 0 Å². The Bertz CT molecular complexity index is 1230. The van der Waals surface area contributed by atoms with Crippen LogP contribution >= 0.6 is 11.6 Å². The van der Waals surface area contributed by atoms with E-state index in [-0.39, 0.29) is 22.5 Å². The lowest BCUT2D eigenvalue weighted by Gasteiger charge is -2.26. The van der Waals surface area contributed by atoms with Crippen molar-refractivity contribution in [1.82, 2.24) is 16.0 Å². The molecule has 12 N–H and O–H groups in total. The zero-order valence-corrected chi connectivity index (χ0v) is 39.5. The molecule has 0 aromatic heterocycles. The van der Waals surface area contributed by atoms with Crippen LogP contribution in [0.25, 0.3) is 0 Å². The molecule has 2 aromatic carbocycles. The number of carboxylic acid groups (broad SMARTS) is 1. The Labute approximate surface area is 376 Å². The number of allylic oxidation sites excluding steroid dienone is 2. The number of halogens is 1. The van der Waals surface area contributed by atoms with Crippen LogP contribution < -0.4 is 33.2 Å². The number of carboxylic acids is 1. The summed E-state index contributed by atoms with van der Waals surface area (Å²) in [6, 6.07) is 14.4. The molecule has 1 aliphatic rings. The van der Waals surface area contributed by atoms with Crippen LogP contribution in [0.5, 0.6) is 11.5 Å². The van der Waals surface area contributed by atoms with Crippen LogP contribution in [0.3, 0.4) is 0 Å². The van der Waals surface area contributed by atoms with Crippen molar-refractivity contribution in [2.75, 3.05) is 71.4 Å². The van der Waals surface area contributed by atoms with Crippen LogP contribution in [-0.2, 0) is 14.9 Å². The molecule has 61 heavy (non-hydrogen) atoms. The Balaban J connectivity index is 0. The maximum atomic E-state index is 9.60. The van der Waals surface area contributed by atoms with Crippen molar-refractivity contribution in [3.63, 3.8) is 0 Å². The molecule has 0 aliphatic carbocycles. The van der Waals surface area contributed by atoms with Gasteiger partial charge in [0.05, 0.1) is 18.6 Å². The van der Waals surface area contributed by atoms with E-state index in [0.29, 0.717) is 25.1 Å². The SMILES string of the molecule is C=C(C)C(=O)O.CC(C)(c1ccc(O)cc1)c1ccc(O)cc1.CCCCCCCC/C=C\CCCCCCCCNCCCN.ClCC1CO1.NCCNCCNCCN. The first-order valence-electron chi connectivity index (χ1n) is 22.9. The number of epoxide rings is 1. The van der Waals surface area contributed by atoms with Gasteiger partial charge in [-0.3, -0.25) is 0 Å². The fourth-order valence-corrected chi connectivity index (χ4v) is 5.74. The third-order valence-corrected chi connectivity index (χ3v) is 10.0. The number of aromatic hydroxyl groups is 2. The molecule has 0 spiro atoms. The fraction of sp³-hybridized carbons (Fsp3) is 0.653. The van der Waals surface area contributed by atoms with Crippen LogP contribution in [0, 0.1) is 0 Å². The number of carbonyl (C=O) groups is 1. The molecule has 0 amide bonds. The molecule has 11 nitrogen and oxygen atoms in total. The second-order valence-electron chi connectivity index (χ2n) is 15.8. The summed E-state index contributed by atoms with van der Waals surface area (Å²) in [5.41, 5.74) is 18.3. The summed E-state index contributed by atoms with van der Waals surface area (Å²) in [6.45, 7) is 20.2. The summed E-state index contributed by atoms with van der Waals surface area (Å²) in [7, 11) is 0. The van der Waals surface area contributed by atoms with E-state index >= 15 is 0 Å². The average molecular weight is 878 g/mol. The van der Waals surface area contributed by atoms with Crippen LogP contribution in [0.2, 0.25) is 0 Å². The van der Waals surface area contributed by atoms with Gasteiger partial charge in [-0.05, 0) is 100 Å². The van der Waals surface area contributed by atoms with Gasteiger partial charge in [-0.2, -0.15) is 0 Å². The van der Waals surface area contributed by atoms with Crippen molar-refractivity contribution in [3.05, 3.63) is 84.0 Å². The highest BCUT2D eigenvalue weighted by atomic mass is 35.5. The lowest BCUT2D eigenvalue weighted by atomic mass is 9.78. The highest BCUT2D eigenvalue weighted by molar-refractivity contribution is 6.18. The highest BCUT2D eigenvalue weighted by Crippen LogP contribution is 2.33. The van der Waals surface area contributed by atoms with E-state index < -0.39 is 5.97 Å². The quantitative estimate of drug-likeness (QED) is 0.0119.